The summed E-state index contributed by atoms with van der Waals surface area (Å²) in [6.45, 7) is 2.49. The second-order valence-electron chi connectivity index (χ2n) is 6.16. The quantitative estimate of drug-likeness (QED) is 0.127. The molecule has 9 heteroatoms. The first kappa shape index (κ1) is 22.6. The Morgan fingerprint density at radius 2 is 1.97 bits per heavy atom. The first-order chi connectivity index (χ1) is 14.3. The van der Waals surface area contributed by atoms with Crippen LogP contribution < -0.4 is 10.1 Å². The summed E-state index contributed by atoms with van der Waals surface area (Å²) in [4.78, 5) is 34.4. The Labute approximate surface area is 177 Å². The molecule has 0 bridgehead atoms. The molecule has 2 aromatic carbocycles. The second kappa shape index (κ2) is 10.7. The van der Waals surface area contributed by atoms with E-state index in [1.807, 2.05) is 13.0 Å². The fraction of sp³-hybridized carbons (Fsp3) is 0.190. The minimum absolute atomic E-state index is 0.0123. The topological polar surface area (TPSA) is 122 Å². The number of carbonyl (C=O) groups excluding carboxylic acids is 2. The molecule has 0 radical (unpaired) electrons. The normalized spacial score (nSPS) is 10.8. The molecule has 0 fully saturated rings. The zero-order valence-electron chi connectivity index (χ0n) is 16.1. The number of carbonyl (C=O) groups is 2. The van der Waals surface area contributed by atoms with Crippen LogP contribution in [0.3, 0.4) is 0 Å². The number of ether oxygens (including phenoxy) is 1. The van der Waals surface area contributed by atoms with E-state index < -0.39 is 16.8 Å². The molecule has 2 aromatic rings. The lowest BCUT2D eigenvalue weighted by atomic mass is 10.1. The van der Waals surface area contributed by atoms with Crippen LogP contribution >= 0.6 is 11.6 Å². The monoisotopic (exact) mass is 427 g/mol. The van der Waals surface area contributed by atoms with Crippen molar-refractivity contribution in [3.8, 4) is 11.8 Å². The first-order valence-electron chi connectivity index (χ1n) is 9.02. The molecule has 0 unspecified atom stereocenters. The van der Waals surface area contributed by atoms with Gasteiger partial charge in [0.2, 0.25) is 0 Å². The molecule has 0 aliphatic carbocycles. The lowest BCUT2D eigenvalue weighted by molar-refractivity contribution is -0.384. The fourth-order valence-corrected chi connectivity index (χ4v) is 2.62. The summed E-state index contributed by atoms with van der Waals surface area (Å²) in [6, 6.07) is 11.5. The van der Waals surface area contributed by atoms with Gasteiger partial charge < -0.3 is 10.1 Å². The molecule has 0 aliphatic heterocycles. The van der Waals surface area contributed by atoms with Crippen LogP contribution in [-0.2, 0) is 4.79 Å². The van der Waals surface area contributed by atoms with Crippen molar-refractivity contribution in [2.45, 2.75) is 19.8 Å². The summed E-state index contributed by atoms with van der Waals surface area (Å²) >= 11 is 5.93. The largest absolute Gasteiger partial charge is 0.423 e. The molecule has 0 heterocycles. The number of hydrogen-bond acceptors (Lipinski definition) is 6. The van der Waals surface area contributed by atoms with E-state index in [0.29, 0.717) is 12.1 Å². The summed E-state index contributed by atoms with van der Waals surface area (Å²) in [5, 5.41) is 22.5. The van der Waals surface area contributed by atoms with E-state index in [9.17, 15) is 25.0 Å². The third kappa shape index (κ3) is 6.15. The van der Waals surface area contributed by atoms with Crippen LogP contribution in [0.1, 0.15) is 35.7 Å². The van der Waals surface area contributed by atoms with Gasteiger partial charge in [-0.1, -0.05) is 37.1 Å². The minimum atomic E-state index is -0.772. The average molecular weight is 428 g/mol. The van der Waals surface area contributed by atoms with Gasteiger partial charge in [-0.25, -0.2) is 4.79 Å². The number of amides is 1. The molecule has 0 saturated heterocycles. The molecule has 0 spiro atoms. The SMILES string of the molecule is CCCCNC(=O)/C(C#N)=C/c1ccc(OC(=O)c2ccc([N+](=O)[O-])cc2Cl)cc1. The van der Waals surface area contributed by atoms with Gasteiger partial charge in [-0.3, -0.25) is 14.9 Å². The maximum Gasteiger partial charge on any atom is 0.345 e. The van der Waals surface area contributed by atoms with Crippen molar-refractivity contribution in [3.05, 3.63) is 74.3 Å². The van der Waals surface area contributed by atoms with Gasteiger partial charge in [-0.15, -0.1) is 0 Å². The van der Waals surface area contributed by atoms with Crippen LogP contribution in [0.2, 0.25) is 5.02 Å². The van der Waals surface area contributed by atoms with Crippen LogP contribution in [0.15, 0.2) is 48.0 Å². The Hall–Kier alpha value is -3.70. The Bertz CT molecular complexity index is 1030. The predicted molar refractivity (Wildman–Crippen MR) is 111 cm³/mol. The van der Waals surface area contributed by atoms with Crippen LogP contribution in [-0.4, -0.2) is 23.3 Å². The van der Waals surface area contributed by atoms with Crippen molar-refractivity contribution in [2.24, 2.45) is 0 Å². The van der Waals surface area contributed by atoms with E-state index in [1.165, 1.54) is 24.3 Å². The Morgan fingerprint density at radius 1 is 1.27 bits per heavy atom. The van der Waals surface area contributed by atoms with Gasteiger partial charge in [0.25, 0.3) is 11.6 Å². The van der Waals surface area contributed by atoms with E-state index in [0.717, 1.165) is 25.0 Å². The van der Waals surface area contributed by atoms with Crippen LogP contribution in [0.5, 0.6) is 5.75 Å². The number of nitro groups is 1. The Kier molecular flexibility index (Phi) is 8.08. The predicted octanol–water partition coefficient (Wildman–Crippen LogP) is 4.29. The van der Waals surface area contributed by atoms with E-state index in [-0.39, 0.29) is 27.6 Å². The van der Waals surface area contributed by atoms with Gasteiger partial charge in [0.1, 0.15) is 17.4 Å². The molecule has 30 heavy (non-hydrogen) atoms. The number of benzene rings is 2. The maximum atomic E-state index is 12.3. The lowest BCUT2D eigenvalue weighted by Gasteiger charge is -2.06. The molecule has 0 atom stereocenters. The molecule has 8 nitrogen and oxygen atoms in total. The van der Waals surface area contributed by atoms with Crippen LogP contribution in [0, 0.1) is 21.4 Å². The number of nitrogens with one attached hydrogen (secondary N) is 1. The highest BCUT2D eigenvalue weighted by atomic mass is 35.5. The van der Waals surface area contributed by atoms with Gasteiger partial charge in [0, 0.05) is 18.7 Å². The molecular formula is C21H18ClN3O5. The number of esters is 1. The number of hydrogen-bond donors (Lipinski definition) is 1. The molecule has 0 aliphatic rings. The molecular weight excluding hydrogens is 410 g/mol. The summed E-state index contributed by atoms with van der Waals surface area (Å²) in [6.07, 6.45) is 3.18. The van der Waals surface area contributed by atoms with Gasteiger partial charge >= 0.3 is 5.97 Å². The third-order valence-corrected chi connectivity index (χ3v) is 4.28. The standard InChI is InChI=1S/C21H18ClN3O5/c1-2-3-10-24-20(26)15(13-23)11-14-4-7-17(8-5-14)30-21(27)18-9-6-16(25(28)29)12-19(18)22/h4-9,11-12H,2-3,10H2,1H3,(H,24,26)/b15-11+. The van der Waals surface area contributed by atoms with E-state index in [4.69, 9.17) is 16.3 Å². The highest BCUT2D eigenvalue weighted by molar-refractivity contribution is 6.33. The highest BCUT2D eigenvalue weighted by Crippen LogP contribution is 2.24. The van der Waals surface area contributed by atoms with Crippen molar-refractivity contribution in [3.63, 3.8) is 0 Å². The molecule has 0 saturated carbocycles. The molecule has 1 N–H and O–H groups in total. The van der Waals surface area contributed by atoms with E-state index in [2.05, 4.69) is 5.32 Å². The third-order valence-electron chi connectivity index (χ3n) is 3.97. The zero-order valence-corrected chi connectivity index (χ0v) is 16.8. The van der Waals surface area contributed by atoms with Gasteiger partial charge in [0.15, 0.2) is 0 Å². The zero-order chi connectivity index (χ0) is 22.1. The number of nitriles is 1. The van der Waals surface area contributed by atoms with Crippen molar-refractivity contribution in [2.75, 3.05) is 6.54 Å². The summed E-state index contributed by atoms with van der Waals surface area (Å²) in [5.74, 6) is -1.02. The Morgan fingerprint density at radius 3 is 2.53 bits per heavy atom. The minimum Gasteiger partial charge on any atom is -0.423 e. The van der Waals surface area contributed by atoms with Gasteiger partial charge in [-0.05, 0) is 36.3 Å². The number of rotatable bonds is 8. The van der Waals surface area contributed by atoms with Crippen molar-refractivity contribution >= 4 is 35.2 Å². The second-order valence-corrected chi connectivity index (χ2v) is 6.57. The maximum absolute atomic E-state index is 12.3. The number of nitrogens with zero attached hydrogens (tertiary/aromatic N) is 2. The molecule has 0 aromatic heterocycles. The summed E-state index contributed by atoms with van der Waals surface area (Å²) in [7, 11) is 0. The lowest BCUT2D eigenvalue weighted by Crippen LogP contribution is -2.25. The van der Waals surface area contributed by atoms with Crippen molar-refractivity contribution in [1.29, 1.82) is 5.26 Å². The summed E-state index contributed by atoms with van der Waals surface area (Å²) < 4.78 is 5.22. The van der Waals surface area contributed by atoms with Crippen LogP contribution in [0.4, 0.5) is 5.69 Å². The smallest absolute Gasteiger partial charge is 0.345 e. The van der Waals surface area contributed by atoms with Gasteiger partial charge in [0.05, 0.1) is 15.5 Å². The van der Waals surface area contributed by atoms with Gasteiger partial charge in [-0.2, -0.15) is 5.26 Å². The number of nitro benzene ring substituents is 1. The Balaban J connectivity index is 2.08. The van der Waals surface area contributed by atoms with Crippen LogP contribution in [0.25, 0.3) is 6.08 Å². The molecule has 2 rings (SSSR count). The van der Waals surface area contributed by atoms with Crippen molar-refractivity contribution in [1.82, 2.24) is 5.32 Å². The van der Waals surface area contributed by atoms with E-state index in [1.54, 1.807) is 12.1 Å². The summed E-state index contributed by atoms with van der Waals surface area (Å²) in [5.41, 5.74) is 0.292. The molecule has 1 amide bonds. The fourth-order valence-electron chi connectivity index (χ4n) is 2.37. The average Bonchev–Trinajstić information content (AvgIpc) is 2.73. The number of unbranched alkanes of at least 4 members (excludes halogenated alkanes) is 1. The molecule has 154 valence electrons. The first-order valence-corrected chi connectivity index (χ1v) is 9.39. The van der Waals surface area contributed by atoms with Crippen molar-refractivity contribution < 1.29 is 19.2 Å². The highest BCUT2D eigenvalue weighted by Gasteiger charge is 2.17. The number of non-ortho nitro benzene ring substituents is 1. The number of halogens is 1. The van der Waals surface area contributed by atoms with E-state index >= 15 is 0 Å².